The van der Waals surface area contributed by atoms with Gasteiger partial charge in [-0.05, 0) is 48.4 Å². The molecule has 2 aliphatic heterocycles. The smallest absolute Gasteiger partial charge is 0.329 e. The minimum Gasteiger partial charge on any atom is -0.494 e. The van der Waals surface area contributed by atoms with Crippen molar-refractivity contribution in [3.05, 3.63) is 107 Å². The SMILES string of the molecule is CNC(=O)c1cnc(Nc2ccc(CN3CC(N(C)c4ccc5c(c4)n(C)c(=O)n5C4CCC(=O)NC4=O)C3)cn2)cc1Nc1cccc(-c2ncc(F)cn2)c1OC. The van der Waals surface area contributed by atoms with Crippen molar-refractivity contribution >= 4 is 57.5 Å². The second-order valence-electron chi connectivity index (χ2n) is 14.4. The first-order chi connectivity index (χ1) is 28.5. The van der Waals surface area contributed by atoms with Crippen LogP contribution in [0.1, 0.15) is 34.8 Å². The van der Waals surface area contributed by atoms with Crippen LogP contribution >= 0.6 is 0 Å². The molecule has 4 aromatic heterocycles. The van der Waals surface area contributed by atoms with E-state index in [2.05, 4.69) is 51.0 Å². The Balaban J connectivity index is 0.911. The van der Waals surface area contributed by atoms with Crippen molar-refractivity contribution < 1.29 is 23.5 Å². The summed E-state index contributed by atoms with van der Waals surface area (Å²) >= 11 is 0. The molecular formula is C41H41FN12O5. The van der Waals surface area contributed by atoms with Crippen LogP contribution in [-0.2, 0) is 23.2 Å². The first-order valence-corrected chi connectivity index (χ1v) is 18.9. The maximum atomic E-state index is 13.5. The fourth-order valence-corrected chi connectivity index (χ4v) is 7.48. The molecule has 0 saturated carbocycles. The summed E-state index contributed by atoms with van der Waals surface area (Å²) in [7, 11) is 6.77. The summed E-state index contributed by atoms with van der Waals surface area (Å²) in [4.78, 5) is 72.1. The third-order valence-electron chi connectivity index (χ3n) is 10.7. The normalized spacial score (nSPS) is 15.7. The number of methoxy groups -OCH3 is 1. The Labute approximate surface area is 337 Å². The number of hydrogen-bond donors (Lipinski definition) is 4. The summed E-state index contributed by atoms with van der Waals surface area (Å²) in [5.74, 6) is -0.00336. The number of likely N-dealkylation sites (tertiary alicyclic amines) is 1. The number of ether oxygens (including phenoxy) is 1. The summed E-state index contributed by atoms with van der Waals surface area (Å²) < 4.78 is 22.3. The van der Waals surface area contributed by atoms with Crippen LogP contribution in [0, 0.1) is 5.82 Å². The molecule has 3 amide bonds. The Hall–Kier alpha value is -7.21. The molecule has 4 N–H and O–H groups in total. The zero-order valence-electron chi connectivity index (χ0n) is 32.7. The minimum atomic E-state index is -0.729. The van der Waals surface area contributed by atoms with Crippen LogP contribution in [0.2, 0.25) is 0 Å². The van der Waals surface area contributed by atoms with Crippen LogP contribution < -0.4 is 36.6 Å². The molecule has 302 valence electrons. The molecule has 2 aliphatic rings. The average Bonchev–Trinajstić information content (AvgIpc) is 3.47. The van der Waals surface area contributed by atoms with Crippen LogP contribution in [0.15, 0.2) is 84.2 Å². The van der Waals surface area contributed by atoms with Gasteiger partial charge in [-0.15, -0.1) is 0 Å². The number of pyridine rings is 2. The van der Waals surface area contributed by atoms with Crippen molar-refractivity contribution in [2.75, 3.05) is 49.8 Å². The standard InChI is InChI=1S/C41H41FN12O5/c1-43-39(56)28-19-45-35(15-30(28)48-29-7-5-6-27(37(29)59-4)38-46-17-24(42)18-47-38)49-34-12-8-23(16-44-34)20-53-21-26(22-53)51(2)25-9-10-31-33(14-25)52(3)41(58)54(31)32-11-13-36(55)50-40(32)57/h5-10,12,14-19,26,32H,11,13,20-22H2,1-4H3,(H,43,56)(H,50,55,57)(H2,44,45,48,49). The number of imidazole rings is 1. The number of carbonyl (C=O) groups excluding carboxylic acids is 3. The van der Waals surface area contributed by atoms with Gasteiger partial charge >= 0.3 is 5.69 Å². The highest BCUT2D eigenvalue weighted by atomic mass is 19.1. The summed E-state index contributed by atoms with van der Waals surface area (Å²) in [5.41, 5.74) is 4.86. The fraction of sp³-hybridized carbons (Fsp3) is 0.268. The summed E-state index contributed by atoms with van der Waals surface area (Å²) in [6, 6.07) is 16.2. The van der Waals surface area contributed by atoms with Gasteiger partial charge < -0.3 is 25.6 Å². The van der Waals surface area contributed by atoms with Gasteiger partial charge in [-0.25, -0.2) is 29.1 Å². The third-order valence-corrected chi connectivity index (χ3v) is 10.7. The molecule has 1 unspecified atom stereocenters. The number of likely N-dealkylation sites (N-methyl/N-ethyl adjacent to an activating group) is 1. The quantitative estimate of drug-likeness (QED) is 0.131. The number of hydrogen-bond acceptors (Lipinski definition) is 13. The number of halogens is 1. The van der Waals surface area contributed by atoms with Crippen LogP contribution in [0.4, 0.5) is 33.1 Å². The number of aryl methyl sites for hydroxylation is 1. The van der Waals surface area contributed by atoms with E-state index in [0.717, 1.165) is 36.7 Å². The van der Waals surface area contributed by atoms with Crippen molar-refractivity contribution in [1.29, 1.82) is 0 Å². The van der Waals surface area contributed by atoms with E-state index in [-0.39, 0.29) is 42.2 Å². The van der Waals surface area contributed by atoms with Gasteiger partial charge in [0.05, 0.1) is 59.1 Å². The number of benzene rings is 2. The number of imide groups is 1. The average molecular weight is 801 g/mol. The van der Waals surface area contributed by atoms with Crippen molar-refractivity contribution in [3.8, 4) is 17.1 Å². The van der Waals surface area contributed by atoms with Gasteiger partial charge in [0.1, 0.15) is 17.7 Å². The molecule has 0 radical (unpaired) electrons. The molecule has 6 aromatic rings. The monoisotopic (exact) mass is 800 g/mol. The lowest BCUT2D eigenvalue weighted by atomic mass is 10.0. The second kappa shape index (κ2) is 16.0. The summed E-state index contributed by atoms with van der Waals surface area (Å²) in [6.07, 6.45) is 5.91. The predicted octanol–water partition coefficient (Wildman–Crippen LogP) is 3.88. The van der Waals surface area contributed by atoms with Crippen LogP contribution in [-0.4, -0.2) is 92.0 Å². The van der Waals surface area contributed by atoms with Gasteiger partial charge in [0.2, 0.25) is 11.8 Å². The van der Waals surface area contributed by atoms with Gasteiger partial charge in [-0.1, -0.05) is 12.1 Å². The van der Waals surface area contributed by atoms with E-state index < -0.39 is 17.8 Å². The molecule has 1 atom stereocenters. The van der Waals surface area contributed by atoms with Crippen LogP contribution in [0.5, 0.6) is 5.75 Å². The first kappa shape index (κ1) is 38.7. The van der Waals surface area contributed by atoms with E-state index in [0.29, 0.717) is 57.5 Å². The predicted molar refractivity (Wildman–Crippen MR) is 218 cm³/mol. The molecule has 0 spiro atoms. The van der Waals surface area contributed by atoms with E-state index in [1.807, 2.05) is 43.6 Å². The lowest BCUT2D eigenvalue weighted by Gasteiger charge is -2.45. The molecular weight excluding hydrogens is 760 g/mol. The molecule has 8 rings (SSSR count). The summed E-state index contributed by atoms with van der Waals surface area (Å²) in [6.45, 7) is 2.36. The third kappa shape index (κ3) is 7.64. The number of fused-ring (bicyclic) bond motifs is 1. The van der Waals surface area contributed by atoms with Gasteiger partial charge in [-0.3, -0.25) is 33.7 Å². The van der Waals surface area contributed by atoms with Gasteiger partial charge in [-0.2, -0.15) is 0 Å². The maximum Gasteiger partial charge on any atom is 0.329 e. The molecule has 2 aromatic carbocycles. The molecule has 59 heavy (non-hydrogen) atoms. The highest BCUT2D eigenvalue weighted by Gasteiger charge is 2.33. The summed E-state index contributed by atoms with van der Waals surface area (Å²) in [5, 5.41) is 11.5. The second-order valence-corrected chi connectivity index (χ2v) is 14.4. The zero-order valence-corrected chi connectivity index (χ0v) is 32.7. The zero-order chi connectivity index (χ0) is 41.4. The highest BCUT2D eigenvalue weighted by Crippen LogP contribution is 2.37. The van der Waals surface area contributed by atoms with E-state index in [1.165, 1.54) is 24.9 Å². The van der Waals surface area contributed by atoms with E-state index in [9.17, 15) is 23.6 Å². The molecule has 17 nitrogen and oxygen atoms in total. The molecule has 0 aliphatic carbocycles. The van der Waals surface area contributed by atoms with Gasteiger partial charge in [0.15, 0.2) is 17.4 Å². The Bertz CT molecular complexity index is 2640. The van der Waals surface area contributed by atoms with Crippen molar-refractivity contribution in [3.63, 3.8) is 0 Å². The number of aromatic nitrogens is 6. The Morgan fingerprint density at radius 1 is 0.932 bits per heavy atom. The highest BCUT2D eigenvalue weighted by molar-refractivity contribution is 6.01. The lowest BCUT2D eigenvalue weighted by Crippen LogP contribution is -2.58. The molecule has 0 bridgehead atoms. The van der Waals surface area contributed by atoms with Crippen molar-refractivity contribution in [2.24, 2.45) is 7.05 Å². The van der Waals surface area contributed by atoms with E-state index in [4.69, 9.17) is 4.74 Å². The topological polar surface area (TPSA) is 194 Å². The number of carbonyl (C=O) groups is 3. The Kier molecular flexibility index (Phi) is 10.5. The molecule has 2 saturated heterocycles. The largest absolute Gasteiger partial charge is 0.494 e. The number of rotatable bonds is 12. The molecule has 2 fully saturated rings. The number of anilines is 5. The Morgan fingerprint density at radius 2 is 1.71 bits per heavy atom. The van der Waals surface area contributed by atoms with Gasteiger partial charge in [0.25, 0.3) is 5.91 Å². The number of para-hydroxylation sites is 1. The van der Waals surface area contributed by atoms with E-state index in [1.54, 1.807) is 35.9 Å². The van der Waals surface area contributed by atoms with Crippen LogP contribution in [0.25, 0.3) is 22.4 Å². The number of amides is 3. The number of nitrogens with zero attached hydrogens (tertiary/aromatic N) is 8. The van der Waals surface area contributed by atoms with Crippen LogP contribution in [0.3, 0.4) is 0 Å². The molecule has 18 heteroatoms. The van der Waals surface area contributed by atoms with Crippen molar-refractivity contribution in [2.45, 2.75) is 31.5 Å². The Morgan fingerprint density at radius 3 is 2.42 bits per heavy atom. The van der Waals surface area contributed by atoms with Crippen molar-refractivity contribution in [1.82, 2.24) is 44.6 Å². The molecule has 6 heterocycles. The number of nitrogens with one attached hydrogen (secondary N) is 4. The maximum absolute atomic E-state index is 13.5. The van der Waals surface area contributed by atoms with E-state index >= 15 is 0 Å². The fourth-order valence-electron chi connectivity index (χ4n) is 7.48. The minimum absolute atomic E-state index is 0.189. The lowest BCUT2D eigenvalue weighted by molar-refractivity contribution is -0.135. The van der Waals surface area contributed by atoms with Gasteiger partial charge in [0, 0.05) is 71.3 Å². The number of piperidine rings is 1. The first-order valence-electron chi connectivity index (χ1n) is 18.9.